The maximum absolute atomic E-state index is 13.0. The van der Waals surface area contributed by atoms with Gasteiger partial charge in [0.15, 0.2) is 6.10 Å². The van der Waals surface area contributed by atoms with E-state index >= 15 is 0 Å². The predicted octanol–water partition coefficient (Wildman–Crippen LogP) is 2.42. The van der Waals surface area contributed by atoms with Crippen molar-refractivity contribution in [2.45, 2.75) is 64.5 Å². The number of carbonyl (C=O) groups excluding carboxylic acids is 2. The van der Waals surface area contributed by atoms with Crippen LogP contribution in [-0.4, -0.2) is 48.5 Å². The first-order valence-electron chi connectivity index (χ1n) is 9.96. The van der Waals surface area contributed by atoms with E-state index in [1.165, 1.54) is 5.56 Å². The Bertz CT molecular complexity index is 633. The van der Waals surface area contributed by atoms with Gasteiger partial charge in [0.1, 0.15) is 5.75 Å². The average molecular weight is 376 g/mol. The van der Waals surface area contributed by atoms with E-state index in [1.54, 1.807) is 6.92 Å². The van der Waals surface area contributed by atoms with Gasteiger partial charge in [0.2, 0.25) is 5.91 Å². The molecule has 0 aromatic heterocycles. The summed E-state index contributed by atoms with van der Waals surface area (Å²) in [5, 5.41) is 2.89. The molecule has 0 aliphatic carbocycles. The standard InChI is InChI=1S/C21H33N3O3/c1-15(2)17-7-6-9-19(13-17)27-16(3)21(26)24-12-5-4-8-18(24)14-23-20(25)10-11-22/h6-7,9,13,15-16,18H,4-5,8,10-12,14,22H2,1-3H3,(H,23,25). The van der Waals surface area contributed by atoms with Crippen molar-refractivity contribution in [2.75, 3.05) is 19.6 Å². The maximum Gasteiger partial charge on any atom is 0.263 e. The molecular weight excluding hydrogens is 342 g/mol. The van der Waals surface area contributed by atoms with Crippen LogP contribution < -0.4 is 15.8 Å². The maximum atomic E-state index is 13.0. The fourth-order valence-electron chi connectivity index (χ4n) is 3.39. The second kappa shape index (κ2) is 10.3. The smallest absolute Gasteiger partial charge is 0.263 e. The molecule has 1 aromatic rings. The van der Waals surface area contributed by atoms with Crippen molar-refractivity contribution in [3.63, 3.8) is 0 Å². The first kappa shape index (κ1) is 21.2. The zero-order chi connectivity index (χ0) is 19.8. The van der Waals surface area contributed by atoms with Crippen molar-refractivity contribution < 1.29 is 14.3 Å². The Morgan fingerprint density at radius 2 is 2.07 bits per heavy atom. The summed E-state index contributed by atoms with van der Waals surface area (Å²) in [5.41, 5.74) is 6.60. The van der Waals surface area contributed by atoms with Crippen molar-refractivity contribution in [1.29, 1.82) is 0 Å². The molecule has 27 heavy (non-hydrogen) atoms. The van der Waals surface area contributed by atoms with E-state index in [1.807, 2.05) is 23.1 Å². The molecule has 0 spiro atoms. The first-order valence-corrected chi connectivity index (χ1v) is 9.96. The number of nitrogens with one attached hydrogen (secondary N) is 1. The molecule has 2 atom stereocenters. The van der Waals surface area contributed by atoms with E-state index in [-0.39, 0.29) is 17.9 Å². The van der Waals surface area contributed by atoms with E-state index in [0.717, 1.165) is 19.3 Å². The lowest BCUT2D eigenvalue weighted by Gasteiger charge is -2.37. The zero-order valence-electron chi connectivity index (χ0n) is 16.7. The molecule has 1 saturated heterocycles. The SMILES string of the molecule is CC(Oc1cccc(C(C)C)c1)C(=O)N1CCCCC1CNC(=O)CCN. The minimum Gasteiger partial charge on any atom is -0.481 e. The molecule has 0 bridgehead atoms. The molecule has 150 valence electrons. The van der Waals surface area contributed by atoms with Crippen LogP contribution in [0.25, 0.3) is 0 Å². The Labute approximate surface area is 162 Å². The summed E-state index contributed by atoms with van der Waals surface area (Å²) in [6, 6.07) is 7.92. The highest BCUT2D eigenvalue weighted by Crippen LogP contribution is 2.23. The number of carbonyl (C=O) groups is 2. The number of nitrogens with zero attached hydrogens (tertiary/aromatic N) is 1. The Morgan fingerprint density at radius 3 is 2.78 bits per heavy atom. The zero-order valence-corrected chi connectivity index (χ0v) is 16.7. The lowest BCUT2D eigenvalue weighted by atomic mass is 10.0. The number of piperidine rings is 1. The van der Waals surface area contributed by atoms with Crippen LogP contribution in [0.5, 0.6) is 5.75 Å². The van der Waals surface area contributed by atoms with E-state index in [9.17, 15) is 9.59 Å². The van der Waals surface area contributed by atoms with Gasteiger partial charge in [0.25, 0.3) is 5.91 Å². The van der Waals surface area contributed by atoms with Crippen LogP contribution in [0.15, 0.2) is 24.3 Å². The van der Waals surface area contributed by atoms with Crippen molar-refractivity contribution in [3.05, 3.63) is 29.8 Å². The van der Waals surface area contributed by atoms with Gasteiger partial charge in [0, 0.05) is 32.1 Å². The summed E-state index contributed by atoms with van der Waals surface area (Å²) in [4.78, 5) is 26.5. The number of hydrogen-bond acceptors (Lipinski definition) is 4. The van der Waals surface area contributed by atoms with Crippen molar-refractivity contribution in [3.8, 4) is 5.75 Å². The third kappa shape index (κ3) is 6.24. The lowest BCUT2D eigenvalue weighted by molar-refractivity contribution is -0.142. The van der Waals surface area contributed by atoms with Crippen LogP contribution in [-0.2, 0) is 9.59 Å². The van der Waals surface area contributed by atoms with Gasteiger partial charge in [-0.2, -0.15) is 0 Å². The number of hydrogen-bond donors (Lipinski definition) is 2. The summed E-state index contributed by atoms with van der Waals surface area (Å²) in [6.07, 6.45) is 2.69. The molecule has 2 rings (SSSR count). The Kier molecular flexibility index (Phi) is 8.10. The van der Waals surface area contributed by atoms with Crippen LogP contribution in [0.2, 0.25) is 0 Å². The summed E-state index contributed by atoms with van der Waals surface area (Å²) in [7, 11) is 0. The van der Waals surface area contributed by atoms with E-state index in [2.05, 4.69) is 25.2 Å². The quantitative estimate of drug-likeness (QED) is 0.731. The number of nitrogens with two attached hydrogens (primary N) is 1. The predicted molar refractivity (Wildman–Crippen MR) is 107 cm³/mol. The molecule has 1 aromatic carbocycles. The molecular formula is C21H33N3O3. The molecule has 1 fully saturated rings. The number of likely N-dealkylation sites (tertiary alicyclic amines) is 1. The molecule has 6 heteroatoms. The highest BCUT2D eigenvalue weighted by atomic mass is 16.5. The van der Waals surface area contributed by atoms with Gasteiger partial charge < -0.3 is 20.7 Å². The van der Waals surface area contributed by atoms with E-state index in [0.29, 0.717) is 37.7 Å². The third-order valence-corrected chi connectivity index (χ3v) is 5.00. The van der Waals surface area contributed by atoms with Crippen LogP contribution in [0.1, 0.15) is 57.9 Å². The molecule has 1 aliphatic heterocycles. The minimum atomic E-state index is -0.562. The molecule has 3 N–H and O–H groups in total. The van der Waals surface area contributed by atoms with Crippen LogP contribution >= 0.6 is 0 Å². The second-order valence-corrected chi connectivity index (χ2v) is 7.51. The summed E-state index contributed by atoms with van der Waals surface area (Å²) in [6.45, 7) is 7.56. The van der Waals surface area contributed by atoms with E-state index < -0.39 is 6.10 Å². The number of amides is 2. The normalized spacial score (nSPS) is 18.3. The van der Waals surface area contributed by atoms with Gasteiger partial charge in [-0.25, -0.2) is 0 Å². The van der Waals surface area contributed by atoms with Gasteiger partial charge >= 0.3 is 0 Å². The molecule has 2 amide bonds. The minimum absolute atomic E-state index is 0.0148. The van der Waals surface area contributed by atoms with Crippen LogP contribution in [0.3, 0.4) is 0 Å². The molecule has 0 saturated carbocycles. The molecule has 0 radical (unpaired) electrons. The van der Waals surface area contributed by atoms with Gasteiger partial charge in [-0.05, 0) is 49.8 Å². The van der Waals surface area contributed by atoms with Gasteiger partial charge in [-0.15, -0.1) is 0 Å². The van der Waals surface area contributed by atoms with Gasteiger partial charge in [-0.3, -0.25) is 9.59 Å². The van der Waals surface area contributed by atoms with Crippen molar-refractivity contribution in [2.24, 2.45) is 5.73 Å². The fourth-order valence-corrected chi connectivity index (χ4v) is 3.39. The van der Waals surface area contributed by atoms with Crippen LogP contribution in [0, 0.1) is 0 Å². The summed E-state index contributed by atoms with van der Waals surface area (Å²) >= 11 is 0. The second-order valence-electron chi connectivity index (χ2n) is 7.51. The van der Waals surface area contributed by atoms with Crippen molar-refractivity contribution >= 4 is 11.8 Å². The largest absolute Gasteiger partial charge is 0.481 e. The molecule has 1 heterocycles. The Morgan fingerprint density at radius 1 is 1.30 bits per heavy atom. The Balaban J connectivity index is 1.98. The summed E-state index contributed by atoms with van der Waals surface area (Å²) in [5.74, 6) is 1.03. The van der Waals surface area contributed by atoms with Crippen LogP contribution in [0.4, 0.5) is 0 Å². The Hall–Kier alpha value is -2.08. The molecule has 1 aliphatic rings. The highest BCUT2D eigenvalue weighted by molar-refractivity contribution is 5.81. The van der Waals surface area contributed by atoms with Crippen molar-refractivity contribution in [1.82, 2.24) is 10.2 Å². The van der Waals surface area contributed by atoms with E-state index in [4.69, 9.17) is 10.5 Å². The van der Waals surface area contributed by atoms with Gasteiger partial charge in [-0.1, -0.05) is 26.0 Å². The fraction of sp³-hybridized carbons (Fsp3) is 0.619. The number of benzene rings is 1. The monoisotopic (exact) mass is 375 g/mol. The third-order valence-electron chi connectivity index (χ3n) is 5.00. The van der Waals surface area contributed by atoms with Gasteiger partial charge in [0.05, 0.1) is 0 Å². The topological polar surface area (TPSA) is 84.7 Å². The molecule has 2 unspecified atom stereocenters. The lowest BCUT2D eigenvalue weighted by Crippen LogP contribution is -2.52. The summed E-state index contributed by atoms with van der Waals surface area (Å²) < 4.78 is 5.94. The average Bonchev–Trinajstić information content (AvgIpc) is 2.66. The highest BCUT2D eigenvalue weighted by Gasteiger charge is 2.30. The first-order chi connectivity index (χ1) is 12.9. The molecule has 6 nitrogen and oxygen atoms in total. The number of rotatable bonds is 8. The number of ether oxygens (including phenoxy) is 1.